The maximum Gasteiger partial charge on any atom is 0.0690 e. The number of anilines is 1. The highest BCUT2D eigenvalue weighted by atomic mass is 16.3. The van der Waals surface area contributed by atoms with Crippen molar-refractivity contribution in [3.8, 4) is 0 Å². The van der Waals surface area contributed by atoms with Crippen molar-refractivity contribution in [2.24, 2.45) is 0 Å². The van der Waals surface area contributed by atoms with Crippen molar-refractivity contribution in [2.75, 3.05) is 18.0 Å². The third-order valence-electron chi connectivity index (χ3n) is 3.44. The molecular formula is C14H21NO. The monoisotopic (exact) mass is 219 g/mol. The molecule has 0 saturated heterocycles. The first kappa shape index (κ1) is 11.5. The molecule has 0 radical (unpaired) electrons. The summed E-state index contributed by atoms with van der Waals surface area (Å²) in [6.45, 7) is 6.39. The molecule has 1 fully saturated rings. The summed E-state index contributed by atoms with van der Waals surface area (Å²) in [5.74, 6) is 0. The summed E-state index contributed by atoms with van der Waals surface area (Å²) >= 11 is 0. The van der Waals surface area contributed by atoms with E-state index >= 15 is 0 Å². The minimum absolute atomic E-state index is 0.400. The van der Waals surface area contributed by atoms with Gasteiger partial charge in [-0.1, -0.05) is 18.2 Å². The maximum atomic E-state index is 10.0. The molecule has 0 bridgehead atoms. The number of para-hydroxylation sites is 1. The van der Waals surface area contributed by atoms with Gasteiger partial charge in [-0.15, -0.1) is 0 Å². The van der Waals surface area contributed by atoms with Gasteiger partial charge in [-0.3, -0.25) is 0 Å². The van der Waals surface area contributed by atoms with E-state index in [0.717, 1.165) is 32.4 Å². The third kappa shape index (κ3) is 2.38. The highest BCUT2D eigenvalue weighted by molar-refractivity contribution is 5.54. The number of hydrogen-bond acceptors (Lipinski definition) is 2. The van der Waals surface area contributed by atoms with Crippen molar-refractivity contribution in [1.82, 2.24) is 0 Å². The number of rotatable bonds is 5. The van der Waals surface area contributed by atoms with Gasteiger partial charge >= 0.3 is 0 Å². The SMILES string of the molecule is CCN(CC)c1ccccc1CC1(O)CC1. The molecule has 16 heavy (non-hydrogen) atoms. The molecule has 0 aliphatic heterocycles. The quantitative estimate of drug-likeness (QED) is 0.823. The van der Waals surface area contributed by atoms with Crippen LogP contribution in [0.2, 0.25) is 0 Å². The lowest BCUT2D eigenvalue weighted by Crippen LogP contribution is -2.24. The predicted octanol–water partition coefficient (Wildman–Crippen LogP) is 2.60. The van der Waals surface area contributed by atoms with E-state index in [9.17, 15) is 5.11 Å². The molecule has 0 unspecified atom stereocenters. The first-order valence-electron chi connectivity index (χ1n) is 6.24. The van der Waals surface area contributed by atoms with Crippen LogP contribution in [0.15, 0.2) is 24.3 Å². The topological polar surface area (TPSA) is 23.5 Å². The van der Waals surface area contributed by atoms with Crippen molar-refractivity contribution in [2.45, 2.75) is 38.7 Å². The first-order chi connectivity index (χ1) is 7.68. The van der Waals surface area contributed by atoms with Gasteiger partial charge < -0.3 is 10.0 Å². The molecule has 2 rings (SSSR count). The van der Waals surface area contributed by atoms with Gasteiger partial charge in [-0.25, -0.2) is 0 Å². The van der Waals surface area contributed by atoms with E-state index in [-0.39, 0.29) is 0 Å². The zero-order valence-corrected chi connectivity index (χ0v) is 10.2. The van der Waals surface area contributed by atoms with Crippen LogP contribution in [0.3, 0.4) is 0 Å². The van der Waals surface area contributed by atoms with Crippen molar-refractivity contribution < 1.29 is 5.11 Å². The lowest BCUT2D eigenvalue weighted by Gasteiger charge is -2.25. The zero-order valence-electron chi connectivity index (χ0n) is 10.2. The van der Waals surface area contributed by atoms with Crippen molar-refractivity contribution in [1.29, 1.82) is 0 Å². The molecule has 1 aromatic rings. The van der Waals surface area contributed by atoms with Gasteiger partial charge in [0.2, 0.25) is 0 Å². The Hall–Kier alpha value is -1.02. The van der Waals surface area contributed by atoms with Gasteiger partial charge in [0.05, 0.1) is 5.60 Å². The van der Waals surface area contributed by atoms with E-state index in [1.807, 2.05) is 0 Å². The fourth-order valence-corrected chi connectivity index (χ4v) is 2.21. The fraction of sp³-hybridized carbons (Fsp3) is 0.571. The summed E-state index contributed by atoms with van der Waals surface area (Å²) in [4.78, 5) is 2.35. The van der Waals surface area contributed by atoms with Crippen LogP contribution in [0.1, 0.15) is 32.3 Å². The van der Waals surface area contributed by atoms with Crippen LogP contribution in [-0.2, 0) is 6.42 Å². The van der Waals surface area contributed by atoms with E-state index in [1.54, 1.807) is 0 Å². The Labute approximate surface area is 97.9 Å². The molecule has 0 heterocycles. The summed E-state index contributed by atoms with van der Waals surface area (Å²) < 4.78 is 0. The van der Waals surface area contributed by atoms with Crippen LogP contribution in [0.4, 0.5) is 5.69 Å². The second-order valence-corrected chi connectivity index (χ2v) is 4.70. The van der Waals surface area contributed by atoms with Crippen molar-refractivity contribution in [3.63, 3.8) is 0 Å². The van der Waals surface area contributed by atoms with Gasteiger partial charge in [0.1, 0.15) is 0 Å². The number of aliphatic hydroxyl groups is 1. The zero-order chi connectivity index (χ0) is 11.6. The normalized spacial score (nSPS) is 17.2. The standard InChI is InChI=1S/C14H21NO/c1-3-15(4-2)13-8-6-5-7-12(13)11-14(16)9-10-14/h5-8,16H,3-4,9-11H2,1-2H3. The van der Waals surface area contributed by atoms with Gasteiger partial charge in [0.25, 0.3) is 0 Å². The molecule has 1 aromatic carbocycles. The Balaban J connectivity index is 2.22. The maximum absolute atomic E-state index is 10.0. The highest BCUT2D eigenvalue weighted by Gasteiger charge is 2.40. The first-order valence-corrected chi connectivity index (χ1v) is 6.24. The van der Waals surface area contributed by atoms with E-state index < -0.39 is 5.60 Å². The van der Waals surface area contributed by atoms with Crippen LogP contribution in [0.25, 0.3) is 0 Å². The number of benzene rings is 1. The molecule has 0 atom stereocenters. The second kappa shape index (κ2) is 4.46. The Bertz CT molecular complexity index is 354. The Kier molecular flexibility index (Phi) is 3.20. The molecule has 0 aromatic heterocycles. The summed E-state index contributed by atoms with van der Waals surface area (Å²) in [6.07, 6.45) is 2.72. The average molecular weight is 219 g/mol. The van der Waals surface area contributed by atoms with Crippen LogP contribution < -0.4 is 4.90 Å². The van der Waals surface area contributed by atoms with Gasteiger partial charge in [-0.2, -0.15) is 0 Å². The van der Waals surface area contributed by atoms with E-state index in [1.165, 1.54) is 11.3 Å². The Morgan fingerprint density at radius 3 is 2.38 bits per heavy atom. The van der Waals surface area contributed by atoms with Crippen molar-refractivity contribution in [3.05, 3.63) is 29.8 Å². The van der Waals surface area contributed by atoms with Crippen LogP contribution in [-0.4, -0.2) is 23.8 Å². The van der Waals surface area contributed by atoms with Gasteiger partial charge in [-0.05, 0) is 38.3 Å². The molecule has 2 heteroatoms. The van der Waals surface area contributed by atoms with E-state index in [4.69, 9.17) is 0 Å². The minimum Gasteiger partial charge on any atom is -0.390 e. The smallest absolute Gasteiger partial charge is 0.0690 e. The largest absolute Gasteiger partial charge is 0.390 e. The summed E-state index contributed by atoms with van der Waals surface area (Å²) in [7, 11) is 0. The summed E-state index contributed by atoms with van der Waals surface area (Å²) in [5.41, 5.74) is 2.17. The van der Waals surface area contributed by atoms with E-state index in [0.29, 0.717) is 0 Å². The molecule has 0 amide bonds. The second-order valence-electron chi connectivity index (χ2n) is 4.70. The number of nitrogens with zero attached hydrogens (tertiary/aromatic N) is 1. The third-order valence-corrected chi connectivity index (χ3v) is 3.44. The highest BCUT2D eigenvalue weighted by Crippen LogP contribution is 2.40. The molecule has 1 N–H and O–H groups in total. The summed E-state index contributed by atoms with van der Waals surface area (Å²) in [6, 6.07) is 8.44. The minimum atomic E-state index is -0.400. The lowest BCUT2D eigenvalue weighted by molar-refractivity contribution is 0.151. The molecule has 1 aliphatic carbocycles. The summed E-state index contributed by atoms with van der Waals surface area (Å²) in [5, 5.41) is 10.0. The molecule has 88 valence electrons. The van der Waals surface area contributed by atoms with Crippen LogP contribution >= 0.6 is 0 Å². The molecular weight excluding hydrogens is 198 g/mol. The predicted molar refractivity (Wildman–Crippen MR) is 67.9 cm³/mol. The molecule has 0 spiro atoms. The van der Waals surface area contributed by atoms with Crippen LogP contribution in [0.5, 0.6) is 0 Å². The molecule has 1 saturated carbocycles. The van der Waals surface area contributed by atoms with Gasteiger partial charge in [0, 0.05) is 25.2 Å². The molecule has 2 nitrogen and oxygen atoms in total. The van der Waals surface area contributed by atoms with Crippen molar-refractivity contribution >= 4 is 5.69 Å². The fourth-order valence-electron chi connectivity index (χ4n) is 2.21. The number of hydrogen-bond donors (Lipinski definition) is 1. The Morgan fingerprint density at radius 2 is 1.81 bits per heavy atom. The van der Waals surface area contributed by atoms with Crippen LogP contribution in [0, 0.1) is 0 Å². The molecule has 1 aliphatic rings. The lowest BCUT2D eigenvalue weighted by atomic mass is 10.0. The Morgan fingerprint density at radius 1 is 1.19 bits per heavy atom. The van der Waals surface area contributed by atoms with E-state index in [2.05, 4.69) is 43.0 Å². The van der Waals surface area contributed by atoms with Gasteiger partial charge in [0.15, 0.2) is 0 Å². The average Bonchev–Trinajstić information content (AvgIpc) is 3.00.